The van der Waals surface area contributed by atoms with Crippen molar-refractivity contribution in [2.75, 3.05) is 14.2 Å². The molecular weight excluding hydrogens is 328 g/mol. The summed E-state index contributed by atoms with van der Waals surface area (Å²) in [5, 5.41) is 2.89. The number of ether oxygens (including phenoxy) is 2. The first-order valence-corrected chi connectivity index (χ1v) is 8.51. The predicted molar refractivity (Wildman–Crippen MR) is 103 cm³/mol. The van der Waals surface area contributed by atoms with Crippen molar-refractivity contribution in [2.45, 2.75) is 25.4 Å². The molecule has 26 heavy (non-hydrogen) atoms. The second kappa shape index (κ2) is 9.63. The van der Waals surface area contributed by atoms with Crippen LogP contribution in [0.1, 0.15) is 16.7 Å². The molecule has 0 aromatic heterocycles. The fourth-order valence-electron chi connectivity index (χ4n) is 2.80. The minimum atomic E-state index is -0.592. The molecule has 0 saturated carbocycles. The van der Waals surface area contributed by atoms with Crippen LogP contribution in [0, 0.1) is 0 Å². The van der Waals surface area contributed by atoms with Gasteiger partial charge >= 0.3 is 0 Å². The lowest BCUT2D eigenvalue weighted by Crippen LogP contribution is -2.41. The Hall–Kier alpha value is -2.79. The van der Waals surface area contributed by atoms with Crippen molar-refractivity contribution in [3.8, 4) is 11.5 Å². The van der Waals surface area contributed by atoms with Gasteiger partial charge in [-0.15, -0.1) is 6.58 Å². The monoisotopic (exact) mass is 354 g/mol. The molecule has 0 fully saturated rings. The lowest BCUT2D eigenvalue weighted by atomic mass is 10.0. The minimum absolute atomic E-state index is 0.186. The van der Waals surface area contributed by atoms with Crippen molar-refractivity contribution in [1.29, 1.82) is 0 Å². The van der Waals surface area contributed by atoms with E-state index in [1.807, 2.05) is 42.5 Å². The Balaban J connectivity index is 2.04. The van der Waals surface area contributed by atoms with E-state index in [1.54, 1.807) is 20.3 Å². The molecule has 138 valence electrons. The average Bonchev–Trinajstić information content (AvgIpc) is 2.66. The Kier molecular flexibility index (Phi) is 7.24. The molecule has 3 N–H and O–H groups in total. The molecule has 0 spiro atoms. The number of benzene rings is 2. The summed E-state index contributed by atoms with van der Waals surface area (Å²) in [5.74, 6) is 1.13. The van der Waals surface area contributed by atoms with Gasteiger partial charge < -0.3 is 20.5 Å². The number of hydrogen-bond acceptors (Lipinski definition) is 4. The zero-order valence-corrected chi connectivity index (χ0v) is 15.3. The third kappa shape index (κ3) is 5.10. The second-order valence-corrected chi connectivity index (χ2v) is 6.00. The summed E-state index contributed by atoms with van der Waals surface area (Å²) in [6, 6.07) is 13.0. The van der Waals surface area contributed by atoms with Crippen molar-refractivity contribution < 1.29 is 14.3 Å². The van der Waals surface area contributed by atoms with Gasteiger partial charge in [0.2, 0.25) is 5.91 Å². The number of carbonyl (C=O) groups is 1. The molecule has 0 heterocycles. The maximum atomic E-state index is 12.3. The standard InChI is InChI=1S/C21H26N2O3/c1-4-8-17-11-16(13-19(25-2)20(17)26-3)14-23-21(24)18(22)12-15-9-6-5-7-10-15/h4-7,9-11,13,18H,1,8,12,14,22H2,2-3H3,(H,23,24)/t18-/m0/s1. The van der Waals surface area contributed by atoms with E-state index in [-0.39, 0.29) is 5.91 Å². The van der Waals surface area contributed by atoms with Crippen molar-refractivity contribution in [1.82, 2.24) is 5.32 Å². The van der Waals surface area contributed by atoms with Gasteiger partial charge in [0, 0.05) is 12.1 Å². The maximum absolute atomic E-state index is 12.3. The van der Waals surface area contributed by atoms with Gasteiger partial charge in [-0.05, 0) is 36.1 Å². The number of hydrogen-bond donors (Lipinski definition) is 2. The molecule has 5 nitrogen and oxygen atoms in total. The van der Waals surface area contributed by atoms with Crippen LogP contribution in [0.4, 0.5) is 0 Å². The van der Waals surface area contributed by atoms with Crippen molar-refractivity contribution in [3.63, 3.8) is 0 Å². The molecule has 0 aliphatic heterocycles. The average molecular weight is 354 g/mol. The molecular formula is C21H26N2O3. The molecule has 0 saturated heterocycles. The van der Waals surface area contributed by atoms with E-state index < -0.39 is 6.04 Å². The summed E-state index contributed by atoms with van der Waals surface area (Å²) in [7, 11) is 3.20. The number of methoxy groups -OCH3 is 2. The first-order chi connectivity index (χ1) is 12.6. The van der Waals surface area contributed by atoms with Gasteiger partial charge in [-0.1, -0.05) is 36.4 Å². The van der Waals surface area contributed by atoms with E-state index in [0.717, 1.165) is 16.7 Å². The molecule has 0 radical (unpaired) electrons. The van der Waals surface area contributed by atoms with Crippen LogP contribution in [-0.2, 0) is 24.2 Å². The summed E-state index contributed by atoms with van der Waals surface area (Å²) in [4.78, 5) is 12.3. The van der Waals surface area contributed by atoms with E-state index in [0.29, 0.717) is 30.9 Å². The molecule has 2 aromatic carbocycles. The summed E-state index contributed by atoms with van der Waals surface area (Å²) < 4.78 is 10.8. The summed E-state index contributed by atoms with van der Waals surface area (Å²) >= 11 is 0. The van der Waals surface area contributed by atoms with E-state index in [9.17, 15) is 4.79 Å². The highest BCUT2D eigenvalue weighted by Crippen LogP contribution is 2.33. The number of nitrogens with one attached hydrogen (secondary N) is 1. The molecule has 1 atom stereocenters. The van der Waals surface area contributed by atoms with Crippen molar-refractivity contribution in [3.05, 3.63) is 71.8 Å². The van der Waals surface area contributed by atoms with Gasteiger partial charge in [-0.2, -0.15) is 0 Å². The second-order valence-electron chi connectivity index (χ2n) is 6.00. The Labute approximate surface area is 154 Å². The van der Waals surface area contributed by atoms with E-state index in [2.05, 4.69) is 11.9 Å². The van der Waals surface area contributed by atoms with E-state index >= 15 is 0 Å². The van der Waals surface area contributed by atoms with Crippen molar-refractivity contribution >= 4 is 5.91 Å². The first-order valence-electron chi connectivity index (χ1n) is 8.51. The van der Waals surface area contributed by atoms with Gasteiger partial charge in [-0.25, -0.2) is 0 Å². The third-order valence-electron chi connectivity index (χ3n) is 4.08. The number of allylic oxidation sites excluding steroid dienone is 1. The van der Waals surface area contributed by atoms with E-state index in [4.69, 9.17) is 15.2 Å². The first kappa shape index (κ1) is 19.5. The van der Waals surface area contributed by atoms with Gasteiger partial charge in [0.25, 0.3) is 0 Å². The highest BCUT2D eigenvalue weighted by molar-refractivity contribution is 5.81. The highest BCUT2D eigenvalue weighted by atomic mass is 16.5. The fourth-order valence-corrected chi connectivity index (χ4v) is 2.80. The van der Waals surface area contributed by atoms with Gasteiger partial charge in [0.1, 0.15) is 0 Å². The Bertz CT molecular complexity index is 744. The Morgan fingerprint density at radius 2 is 1.92 bits per heavy atom. The quantitative estimate of drug-likeness (QED) is 0.679. The smallest absolute Gasteiger partial charge is 0.237 e. The topological polar surface area (TPSA) is 73.6 Å². The summed E-state index contributed by atoms with van der Waals surface area (Å²) in [6.45, 7) is 4.14. The maximum Gasteiger partial charge on any atom is 0.237 e. The Morgan fingerprint density at radius 3 is 2.54 bits per heavy atom. The zero-order valence-electron chi connectivity index (χ0n) is 15.3. The minimum Gasteiger partial charge on any atom is -0.493 e. The van der Waals surface area contributed by atoms with Crippen LogP contribution in [-0.4, -0.2) is 26.2 Å². The molecule has 0 unspecified atom stereocenters. The molecule has 5 heteroatoms. The molecule has 2 aromatic rings. The van der Waals surface area contributed by atoms with Crippen LogP contribution in [0.5, 0.6) is 11.5 Å². The normalized spacial score (nSPS) is 11.5. The molecule has 0 aliphatic carbocycles. The van der Waals surface area contributed by atoms with Gasteiger partial charge in [0.05, 0.1) is 20.3 Å². The summed E-state index contributed by atoms with van der Waals surface area (Å²) in [6.07, 6.45) is 2.95. The number of amides is 1. The SMILES string of the molecule is C=CCc1cc(CNC(=O)[C@@H](N)Cc2ccccc2)cc(OC)c1OC. The fraction of sp³-hybridized carbons (Fsp3) is 0.286. The van der Waals surface area contributed by atoms with Crippen LogP contribution in [0.2, 0.25) is 0 Å². The highest BCUT2D eigenvalue weighted by Gasteiger charge is 2.15. The number of nitrogens with two attached hydrogens (primary N) is 1. The van der Waals surface area contributed by atoms with Crippen LogP contribution < -0.4 is 20.5 Å². The third-order valence-corrected chi connectivity index (χ3v) is 4.08. The van der Waals surface area contributed by atoms with Crippen LogP contribution in [0.15, 0.2) is 55.1 Å². The largest absolute Gasteiger partial charge is 0.493 e. The van der Waals surface area contributed by atoms with Crippen LogP contribution >= 0.6 is 0 Å². The predicted octanol–water partition coefficient (Wildman–Crippen LogP) is 2.62. The zero-order chi connectivity index (χ0) is 18.9. The molecule has 2 rings (SSSR count). The number of rotatable bonds is 9. The summed E-state index contributed by atoms with van der Waals surface area (Å²) in [5.41, 5.74) is 8.93. The molecule has 0 aliphatic rings. The lowest BCUT2D eigenvalue weighted by Gasteiger charge is -2.16. The molecule has 0 bridgehead atoms. The van der Waals surface area contributed by atoms with E-state index in [1.165, 1.54) is 0 Å². The Morgan fingerprint density at radius 1 is 1.19 bits per heavy atom. The van der Waals surface area contributed by atoms with Gasteiger partial charge in [0.15, 0.2) is 11.5 Å². The van der Waals surface area contributed by atoms with Crippen molar-refractivity contribution in [2.24, 2.45) is 5.73 Å². The lowest BCUT2D eigenvalue weighted by molar-refractivity contribution is -0.122. The molecule has 1 amide bonds. The van der Waals surface area contributed by atoms with Crippen LogP contribution in [0.3, 0.4) is 0 Å². The van der Waals surface area contributed by atoms with Crippen LogP contribution in [0.25, 0.3) is 0 Å². The number of carbonyl (C=O) groups excluding carboxylic acids is 1. The van der Waals surface area contributed by atoms with Gasteiger partial charge in [-0.3, -0.25) is 4.79 Å².